The van der Waals surface area contributed by atoms with Gasteiger partial charge in [0.2, 0.25) is 5.95 Å². The molecule has 23 heavy (non-hydrogen) atoms. The first kappa shape index (κ1) is 14.1. The number of nitrogens with one attached hydrogen (secondary N) is 2. The Hall–Kier alpha value is -2.56. The molecule has 2 N–H and O–H groups in total. The van der Waals surface area contributed by atoms with Gasteiger partial charge in [0.05, 0.1) is 5.39 Å². The van der Waals surface area contributed by atoms with Crippen LogP contribution in [-0.2, 0) is 0 Å². The molecule has 118 valence electrons. The van der Waals surface area contributed by atoms with Crippen molar-refractivity contribution in [3.05, 3.63) is 41.6 Å². The van der Waals surface area contributed by atoms with E-state index in [0.717, 1.165) is 47.3 Å². The van der Waals surface area contributed by atoms with Crippen LogP contribution in [0.5, 0.6) is 0 Å². The zero-order valence-electron chi connectivity index (χ0n) is 13.6. The van der Waals surface area contributed by atoms with E-state index in [9.17, 15) is 0 Å². The Labute approximate surface area is 135 Å². The molecule has 2 aromatic heterocycles. The Kier molecular flexibility index (Phi) is 3.41. The third kappa shape index (κ3) is 2.74. The van der Waals surface area contributed by atoms with Gasteiger partial charge in [-0.25, -0.2) is 0 Å². The SMILES string of the molecule is Cc1ccc(Nc2nc(N3CCCC3)nc3[nH]c(C)cc23)cc1. The number of aryl methyl sites for hydroxylation is 2. The molecule has 5 heteroatoms. The first-order valence-corrected chi connectivity index (χ1v) is 8.15. The highest BCUT2D eigenvalue weighted by Crippen LogP contribution is 2.28. The minimum absolute atomic E-state index is 0.812. The van der Waals surface area contributed by atoms with Crippen LogP contribution in [0, 0.1) is 13.8 Å². The van der Waals surface area contributed by atoms with E-state index in [1.54, 1.807) is 0 Å². The summed E-state index contributed by atoms with van der Waals surface area (Å²) in [7, 11) is 0. The highest BCUT2D eigenvalue weighted by atomic mass is 15.3. The normalized spacial score (nSPS) is 14.6. The third-order valence-electron chi connectivity index (χ3n) is 4.31. The van der Waals surface area contributed by atoms with Crippen LogP contribution in [0.2, 0.25) is 0 Å². The molecule has 0 atom stereocenters. The largest absolute Gasteiger partial charge is 0.343 e. The summed E-state index contributed by atoms with van der Waals surface area (Å²) < 4.78 is 0. The van der Waals surface area contributed by atoms with Crippen LogP contribution in [-0.4, -0.2) is 28.0 Å². The van der Waals surface area contributed by atoms with Crippen molar-refractivity contribution in [3.63, 3.8) is 0 Å². The third-order valence-corrected chi connectivity index (χ3v) is 4.31. The van der Waals surface area contributed by atoms with Crippen molar-refractivity contribution >= 4 is 28.5 Å². The molecule has 0 aliphatic carbocycles. The molecule has 0 bridgehead atoms. The second-order valence-corrected chi connectivity index (χ2v) is 6.27. The average Bonchev–Trinajstić information content (AvgIpc) is 3.18. The second kappa shape index (κ2) is 5.57. The van der Waals surface area contributed by atoms with Gasteiger partial charge < -0.3 is 15.2 Å². The molecule has 0 unspecified atom stereocenters. The minimum atomic E-state index is 0.812. The van der Waals surface area contributed by atoms with E-state index < -0.39 is 0 Å². The molecular weight excluding hydrogens is 286 g/mol. The van der Waals surface area contributed by atoms with E-state index >= 15 is 0 Å². The maximum Gasteiger partial charge on any atom is 0.229 e. The van der Waals surface area contributed by atoms with Crippen LogP contribution in [0.1, 0.15) is 24.1 Å². The number of benzene rings is 1. The lowest BCUT2D eigenvalue weighted by Gasteiger charge is -2.16. The van der Waals surface area contributed by atoms with E-state index in [4.69, 9.17) is 9.97 Å². The second-order valence-electron chi connectivity index (χ2n) is 6.27. The summed E-state index contributed by atoms with van der Waals surface area (Å²) in [6, 6.07) is 10.5. The summed E-state index contributed by atoms with van der Waals surface area (Å²) in [6.45, 7) is 6.21. The van der Waals surface area contributed by atoms with Crippen molar-refractivity contribution in [1.29, 1.82) is 0 Å². The Morgan fingerprint density at radius 2 is 1.78 bits per heavy atom. The van der Waals surface area contributed by atoms with Gasteiger partial charge in [-0.05, 0) is 44.9 Å². The van der Waals surface area contributed by atoms with Crippen LogP contribution >= 0.6 is 0 Å². The predicted octanol–water partition coefficient (Wildman–Crippen LogP) is 3.92. The van der Waals surface area contributed by atoms with Crippen LogP contribution < -0.4 is 10.2 Å². The smallest absolute Gasteiger partial charge is 0.229 e. The van der Waals surface area contributed by atoms with Gasteiger partial charge in [-0.1, -0.05) is 17.7 Å². The number of hydrogen-bond acceptors (Lipinski definition) is 4. The van der Waals surface area contributed by atoms with Gasteiger partial charge >= 0.3 is 0 Å². The zero-order valence-corrected chi connectivity index (χ0v) is 13.6. The zero-order chi connectivity index (χ0) is 15.8. The van der Waals surface area contributed by atoms with E-state index in [0.29, 0.717) is 0 Å². The summed E-state index contributed by atoms with van der Waals surface area (Å²) >= 11 is 0. The maximum atomic E-state index is 4.80. The van der Waals surface area contributed by atoms with Crippen molar-refractivity contribution in [2.75, 3.05) is 23.3 Å². The molecular formula is C18H21N5. The summed E-state index contributed by atoms with van der Waals surface area (Å²) in [5.41, 5.74) is 4.29. The monoisotopic (exact) mass is 307 g/mol. The van der Waals surface area contributed by atoms with Gasteiger partial charge in [0.15, 0.2) is 0 Å². The van der Waals surface area contributed by atoms with Gasteiger partial charge in [0.1, 0.15) is 11.5 Å². The standard InChI is InChI=1S/C18H21N5/c1-12-5-7-14(8-6-12)20-17-15-11-13(2)19-16(15)21-18(22-17)23-9-3-4-10-23/h5-8,11H,3-4,9-10H2,1-2H3,(H2,19,20,21,22). The first-order valence-electron chi connectivity index (χ1n) is 8.15. The minimum Gasteiger partial charge on any atom is -0.343 e. The maximum absolute atomic E-state index is 4.80. The lowest BCUT2D eigenvalue weighted by molar-refractivity contribution is 0.907. The topological polar surface area (TPSA) is 56.8 Å². The molecule has 1 fully saturated rings. The lowest BCUT2D eigenvalue weighted by Crippen LogP contribution is -2.20. The Balaban J connectivity index is 1.77. The molecule has 1 aromatic carbocycles. The van der Waals surface area contributed by atoms with Gasteiger partial charge in [-0.3, -0.25) is 0 Å². The number of anilines is 3. The van der Waals surface area contributed by atoms with E-state index in [1.165, 1.54) is 18.4 Å². The van der Waals surface area contributed by atoms with Gasteiger partial charge in [0, 0.05) is 24.5 Å². The number of aromatic nitrogens is 3. The summed E-state index contributed by atoms with van der Waals surface area (Å²) in [5, 5.41) is 4.49. The van der Waals surface area contributed by atoms with E-state index in [1.807, 2.05) is 6.92 Å². The van der Waals surface area contributed by atoms with Crippen LogP contribution in [0.4, 0.5) is 17.5 Å². The van der Waals surface area contributed by atoms with Crippen LogP contribution in [0.25, 0.3) is 11.0 Å². The Morgan fingerprint density at radius 3 is 2.52 bits per heavy atom. The fraction of sp³-hybridized carbons (Fsp3) is 0.333. The van der Waals surface area contributed by atoms with Crippen molar-refractivity contribution in [3.8, 4) is 0 Å². The molecule has 0 radical (unpaired) electrons. The Morgan fingerprint density at radius 1 is 1.04 bits per heavy atom. The molecule has 1 saturated heterocycles. The first-order chi connectivity index (χ1) is 11.2. The summed E-state index contributed by atoms with van der Waals surface area (Å²) in [6.07, 6.45) is 2.43. The van der Waals surface area contributed by atoms with Crippen molar-refractivity contribution in [2.45, 2.75) is 26.7 Å². The van der Waals surface area contributed by atoms with Crippen LogP contribution in [0.15, 0.2) is 30.3 Å². The lowest BCUT2D eigenvalue weighted by atomic mass is 10.2. The van der Waals surface area contributed by atoms with E-state index in [-0.39, 0.29) is 0 Å². The van der Waals surface area contributed by atoms with Gasteiger partial charge in [-0.2, -0.15) is 9.97 Å². The summed E-state index contributed by atoms with van der Waals surface area (Å²) in [5.74, 6) is 1.68. The molecule has 1 aliphatic rings. The van der Waals surface area contributed by atoms with Crippen molar-refractivity contribution < 1.29 is 0 Å². The van der Waals surface area contributed by atoms with Gasteiger partial charge in [0.25, 0.3) is 0 Å². The fourth-order valence-corrected chi connectivity index (χ4v) is 3.06. The summed E-state index contributed by atoms with van der Waals surface area (Å²) in [4.78, 5) is 15.1. The van der Waals surface area contributed by atoms with Crippen LogP contribution in [0.3, 0.4) is 0 Å². The molecule has 3 heterocycles. The fourth-order valence-electron chi connectivity index (χ4n) is 3.06. The number of nitrogens with zero attached hydrogens (tertiary/aromatic N) is 3. The number of fused-ring (bicyclic) bond motifs is 1. The van der Waals surface area contributed by atoms with Crippen molar-refractivity contribution in [2.24, 2.45) is 0 Å². The molecule has 4 rings (SSSR count). The molecule has 0 saturated carbocycles. The average molecular weight is 307 g/mol. The predicted molar refractivity (Wildman–Crippen MR) is 94.5 cm³/mol. The Bertz CT molecular complexity index is 828. The highest BCUT2D eigenvalue weighted by molar-refractivity contribution is 5.90. The molecule has 0 spiro atoms. The number of aromatic amines is 1. The van der Waals surface area contributed by atoms with Gasteiger partial charge in [-0.15, -0.1) is 0 Å². The number of H-pyrrole nitrogens is 1. The van der Waals surface area contributed by atoms with E-state index in [2.05, 4.69) is 52.5 Å². The highest BCUT2D eigenvalue weighted by Gasteiger charge is 2.18. The van der Waals surface area contributed by atoms with Crippen molar-refractivity contribution in [1.82, 2.24) is 15.0 Å². The quantitative estimate of drug-likeness (QED) is 0.770. The molecule has 3 aromatic rings. The number of hydrogen-bond donors (Lipinski definition) is 2. The number of rotatable bonds is 3. The molecule has 5 nitrogen and oxygen atoms in total. The molecule has 0 amide bonds. The molecule has 1 aliphatic heterocycles.